The van der Waals surface area contributed by atoms with Gasteiger partial charge in [-0.15, -0.1) is 0 Å². The van der Waals surface area contributed by atoms with Crippen LogP contribution in [0.5, 0.6) is 5.75 Å². The molecule has 10 heteroatoms. The van der Waals surface area contributed by atoms with Crippen molar-refractivity contribution in [2.75, 3.05) is 0 Å². The van der Waals surface area contributed by atoms with Crippen LogP contribution in [0.25, 0.3) is 16.9 Å². The number of oxazole rings is 1. The average Bonchev–Trinajstić information content (AvgIpc) is 3.37. The van der Waals surface area contributed by atoms with Gasteiger partial charge in [0, 0.05) is 30.1 Å². The van der Waals surface area contributed by atoms with E-state index >= 15 is 0 Å². The van der Waals surface area contributed by atoms with E-state index in [1.54, 1.807) is 24.5 Å². The first-order valence-electron chi connectivity index (χ1n) is 9.27. The molecule has 144 valence electrons. The predicted molar refractivity (Wildman–Crippen MR) is 112 cm³/mol. The van der Waals surface area contributed by atoms with Crippen molar-refractivity contribution in [1.29, 1.82) is 0 Å². The fraction of sp³-hybridized carbons (Fsp3) is 0.211. The maximum absolute atomic E-state index is 11.7. The van der Waals surface area contributed by atoms with Gasteiger partial charge in [-0.2, -0.15) is 0 Å². The van der Waals surface area contributed by atoms with Gasteiger partial charge in [-0.1, -0.05) is 13.8 Å². The number of carbonyl (C=O) groups excluding carboxylic acids is 1. The quantitative estimate of drug-likeness (QED) is 0.362. The molecule has 0 bridgehead atoms. The van der Waals surface area contributed by atoms with Gasteiger partial charge < -0.3 is 9.15 Å². The Hall–Kier alpha value is -3.42. The molecule has 4 aromatic rings. The number of imidazole rings is 1. The Morgan fingerprint density at radius 1 is 1.24 bits per heavy atom. The summed E-state index contributed by atoms with van der Waals surface area (Å²) in [5.41, 5.74) is 2.07. The van der Waals surface area contributed by atoms with Gasteiger partial charge in [-0.3, -0.25) is 9.36 Å². The summed E-state index contributed by atoms with van der Waals surface area (Å²) < 4.78 is 13.6. The lowest BCUT2D eigenvalue weighted by Gasteiger charge is -2.29. The van der Waals surface area contributed by atoms with Gasteiger partial charge in [0.2, 0.25) is 0 Å². The highest BCUT2D eigenvalue weighted by Crippen LogP contribution is 2.32. The zero-order valence-electron chi connectivity index (χ0n) is 16.7. The van der Waals surface area contributed by atoms with E-state index < -0.39 is 5.40 Å². The van der Waals surface area contributed by atoms with E-state index in [1.165, 1.54) is 12.7 Å². The molecule has 3 heterocycles. The third-order valence-corrected chi connectivity index (χ3v) is 4.73. The summed E-state index contributed by atoms with van der Waals surface area (Å²) in [6, 6.07) is 3.48. The molecule has 4 rings (SSSR count). The number of hydrogen-bond donors (Lipinski definition) is 0. The molecule has 0 radical (unpaired) electrons. The number of ether oxygens (including phenoxy) is 1. The lowest BCUT2D eigenvalue weighted by atomic mass is 9.61. The number of aldehydes is 1. The second-order valence-corrected chi connectivity index (χ2v) is 7.48. The molecule has 0 amide bonds. The molecule has 29 heavy (non-hydrogen) atoms. The van der Waals surface area contributed by atoms with Crippen molar-refractivity contribution in [2.45, 2.75) is 25.2 Å². The molecule has 0 N–H and O–H groups in total. The van der Waals surface area contributed by atoms with Crippen LogP contribution in [-0.4, -0.2) is 46.5 Å². The molecule has 0 saturated carbocycles. The Morgan fingerprint density at radius 2 is 2.07 bits per heavy atom. The van der Waals surface area contributed by atoms with Gasteiger partial charge in [-0.25, -0.2) is 19.9 Å². The van der Waals surface area contributed by atoms with Gasteiger partial charge in [0.15, 0.2) is 34.0 Å². The van der Waals surface area contributed by atoms with Crippen molar-refractivity contribution in [2.24, 2.45) is 0 Å². The lowest BCUT2D eigenvalue weighted by molar-refractivity contribution is 0.111. The Kier molecular flexibility index (Phi) is 4.69. The molecule has 0 aliphatic rings. The minimum Gasteiger partial charge on any atom is -0.500 e. The van der Waals surface area contributed by atoms with Crippen LogP contribution >= 0.6 is 0 Å². The molecule has 0 fully saturated rings. The van der Waals surface area contributed by atoms with Crippen molar-refractivity contribution < 1.29 is 13.9 Å². The van der Waals surface area contributed by atoms with Crippen molar-refractivity contribution in [3.05, 3.63) is 60.4 Å². The minimum atomic E-state index is -0.847. The average molecular weight is 387 g/mol. The van der Waals surface area contributed by atoms with E-state index in [4.69, 9.17) is 9.15 Å². The number of benzene rings is 1. The van der Waals surface area contributed by atoms with Gasteiger partial charge in [-0.05, 0) is 12.1 Å². The Balaban J connectivity index is 1.79. The fourth-order valence-electron chi connectivity index (χ4n) is 3.32. The molecule has 0 atom stereocenters. The molecule has 0 aliphatic carbocycles. The van der Waals surface area contributed by atoms with E-state index in [0.29, 0.717) is 34.5 Å². The first-order valence-corrected chi connectivity index (χ1v) is 9.27. The van der Waals surface area contributed by atoms with Crippen LogP contribution in [0, 0.1) is 0 Å². The first-order chi connectivity index (χ1) is 13.9. The summed E-state index contributed by atoms with van der Waals surface area (Å²) in [6.07, 6.45) is 8.86. The van der Waals surface area contributed by atoms with Gasteiger partial charge in [0.05, 0.1) is 5.40 Å². The smallest absolute Gasteiger partial charge is 0.182 e. The molecule has 0 unspecified atom stereocenters. The number of aromatic nitrogens is 5. The SMILES string of the molecule is BC(B)(Oc1ccc2ncoc2c1C=O)c1cncnc1-n1ccnc1C(C)C. The van der Waals surface area contributed by atoms with Crippen LogP contribution in [0.1, 0.15) is 41.5 Å². The summed E-state index contributed by atoms with van der Waals surface area (Å²) in [5, 5.41) is -0.847. The van der Waals surface area contributed by atoms with Gasteiger partial charge in [0.1, 0.15) is 34.8 Å². The van der Waals surface area contributed by atoms with E-state index in [0.717, 1.165) is 11.4 Å². The van der Waals surface area contributed by atoms with Crippen LogP contribution in [0.15, 0.2) is 47.9 Å². The van der Waals surface area contributed by atoms with Gasteiger partial charge >= 0.3 is 0 Å². The van der Waals surface area contributed by atoms with Crippen LogP contribution < -0.4 is 4.74 Å². The third-order valence-electron chi connectivity index (χ3n) is 4.73. The molecule has 0 aliphatic heterocycles. The standard InChI is InChI=1S/C19H19B2N5O3/c1-11(2)17-23-5-6-26(17)18-13(7-22-9-24-18)19(20,21)29-15-4-3-14-16(12(15)8-27)28-10-25-14/h3-11H,20-21H2,1-2H3. The summed E-state index contributed by atoms with van der Waals surface area (Å²) in [6.45, 7) is 4.15. The molecule has 0 spiro atoms. The van der Waals surface area contributed by atoms with E-state index in [9.17, 15) is 4.79 Å². The zero-order valence-corrected chi connectivity index (χ0v) is 16.7. The second kappa shape index (κ2) is 7.20. The largest absolute Gasteiger partial charge is 0.500 e. The number of carbonyl (C=O) groups is 1. The Labute approximate surface area is 169 Å². The molecule has 3 aromatic heterocycles. The van der Waals surface area contributed by atoms with Crippen LogP contribution in [0.3, 0.4) is 0 Å². The summed E-state index contributed by atoms with van der Waals surface area (Å²) in [7, 11) is 3.81. The molecular weight excluding hydrogens is 368 g/mol. The molecule has 8 nitrogen and oxygen atoms in total. The monoisotopic (exact) mass is 387 g/mol. The highest BCUT2D eigenvalue weighted by molar-refractivity contribution is 6.39. The minimum absolute atomic E-state index is 0.215. The highest BCUT2D eigenvalue weighted by atomic mass is 16.5. The maximum atomic E-state index is 11.7. The maximum Gasteiger partial charge on any atom is 0.182 e. The number of rotatable bonds is 6. The van der Waals surface area contributed by atoms with Crippen LogP contribution in [-0.2, 0) is 5.40 Å². The van der Waals surface area contributed by atoms with E-state index in [1.807, 2.05) is 26.5 Å². The number of fused-ring (bicyclic) bond motifs is 1. The Morgan fingerprint density at radius 3 is 2.83 bits per heavy atom. The summed E-state index contributed by atoms with van der Waals surface area (Å²) in [4.78, 5) is 29.0. The molecular formula is C19H19B2N5O3. The number of hydrogen-bond acceptors (Lipinski definition) is 7. The normalized spacial score (nSPS) is 11.8. The molecule has 0 saturated heterocycles. The first kappa shape index (κ1) is 18.9. The summed E-state index contributed by atoms with van der Waals surface area (Å²) in [5.74, 6) is 2.18. The van der Waals surface area contributed by atoms with Crippen molar-refractivity contribution in [3.63, 3.8) is 0 Å². The van der Waals surface area contributed by atoms with Crippen molar-refractivity contribution in [1.82, 2.24) is 24.5 Å². The zero-order chi connectivity index (χ0) is 20.6. The lowest BCUT2D eigenvalue weighted by Crippen LogP contribution is -2.36. The van der Waals surface area contributed by atoms with Crippen LogP contribution in [0.2, 0.25) is 0 Å². The topological polar surface area (TPSA) is 95.9 Å². The van der Waals surface area contributed by atoms with E-state index in [-0.39, 0.29) is 5.92 Å². The predicted octanol–water partition coefficient (Wildman–Crippen LogP) is 1.19. The van der Waals surface area contributed by atoms with Crippen LogP contribution in [0.4, 0.5) is 0 Å². The fourth-order valence-corrected chi connectivity index (χ4v) is 3.32. The third kappa shape index (κ3) is 3.30. The van der Waals surface area contributed by atoms with E-state index in [2.05, 4.69) is 33.8 Å². The summed E-state index contributed by atoms with van der Waals surface area (Å²) >= 11 is 0. The highest BCUT2D eigenvalue weighted by Gasteiger charge is 2.30. The van der Waals surface area contributed by atoms with Gasteiger partial charge in [0.25, 0.3) is 0 Å². The van der Waals surface area contributed by atoms with Crippen molar-refractivity contribution in [3.8, 4) is 11.6 Å². The number of nitrogens with zero attached hydrogens (tertiary/aromatic N) is 5. The van der Waals surface area contributed by atoms with Crippen molar-refractivity contribution >= 4 is 33.1 Å². The second-order valence-electron chi connectivity index (χ2n) is 7.48. The molecule has 1 aromatic carbocycles. The Bertz CT molecular complexity index is 1190.